The molecule has 1 unspecified atom stereocenters. The van der Waals surface area contributed by atoms with Crippen molar-refractivity contribution in [3.63, 3.8) is 0 Å². The van der Waals surface area contributed by atoms with Crippen LogP contribution in [0.1, 0.15) is 36.6 Å². The zero-order valence-corrected chi connectivity index (χ0v) is 11.1. The first kappa shape index (κ1) is 12.0. The van der Waals surface area contributed by atoms with E-state index in [2.05, 4.69) is 54.2 Å². The lowest BCUT2D eigenvalue weighted by Crippen LogP contribution is -2.24. The van der Waals surface area contributed by atoms with E-state index in [4.69, 9.17) is 0 Å². The lowest BCUT2D eigenvalue weighted by Gasteiger charge is -2.16. The van der Waals surface area contributed by atoms with Crippen LogP contribution in [0.5, 0.6) is 0 Å². The van der Waals surface area contributed by atoms with Crippen LogP contribution in [-0.2, 0) is 4.79 Å². The van der Waals surface area contributed by atoms with Gasteiger partial charge in [-0.15, -0.1) is 0 Å². The van der Waals surface area contributed by atoms with Gasteiger partial charge in [0.05, 0.1) is 6.04 Å². The van der Waals surface area contributed by atoms with Gasteiger partial charge in [-0.1, -0.05) is 42.5 Å². The molecule has 2 aromatic rings. The molecule has 2 aromatic carbocycles. The molecular weight excluding hydrogens is 234 g/mol. The van der Waals surface area contributed by atoms with Gasteiger partial charge in [-0.3, -0.25) is 4.79 Å². The van der Waals surface area contributed by atoms with E-state index in [1.165, 1.54) is 27.8 Å². The minimum Gasteiger partial charge on any atom is -0.350 e. The van der Waals surface area contributed by atoms with Crippen LogP contribution in [0.3, 0.4) is 0 Å². The average molecular weight is 250 g/mol. The van der Waals surface area contributed by atoms with Crippen LogP contribution in [0.4, 0.5) is 0 Å². The lowest BCUT2D eigenvalue weighted by atomic mass is 9.97. The zero-order chi connectivity index (χ0) is 13.4. The van der Waals surface area contributed by atoms with Gasteiger partial charge in [-0.05, 0) is 34.7 Å². The van der Waals surface area contributed by atoms with Gasteiger partial charge in [0.25, 0.3) is 0 Å². The molecule has 1 aliphatic carbocycles. The lowest BCUT2D eigenvalue weighted by molar-refractivity contribution is -0.119. The van der Waals surface area contributed by atoms with Crippen LogP contribution in [0.25, 0.3) is 11.1 Å². The molecule has 0 saturated carbocycles. The molecule has 95 valence electrons. The normalized spacial score (nSPS) is 13.6. The number of carbonyl (C=O) groups excluding carboxylic acids is 1. The van der Waals surface area contributed by atoms with Crippen molar-refractivity contribution in [1.29, 1.82) is 0 Å². The van der Waals surface area contributed by atoms with E-state index in [1.54, 1.807) is 6.92 Å². The number of nitrogens with one attached hydrogen (secondary N) is 1. The summed E-state index contributed by atoms with van der Waals surface area (Å²) in [5, 5.41) is 2.96. The number of carbonyl (C=O) groups is 1. The molecule has 1 radical (unpaired) electrons. The number of benzene rings is 2. The Hall–Kier alpha value is -2.09. The third-order valence-electron chi connectivity index (χ3n) is 3.58. The quantitative estimate of drug-likeness (QED) is 0.741. The Morgan fingerprint density at radius 2 is 1.79 bits per heavy atom. The third-order valence-corrected chi connectivity index (χ3v) is 3.58. The Morgan fingerprint density at radius 3 is 2.58 bits per heavy atom. The van der Waals surface area contributed by atoms with Gasteiger partial charge >= 0.3 is 0 Å². The molecule has 0 bridgehead atoms. The van der Waals surface area contributed by atoms with Crippen molar-refractivity contribution in [1.82, 2.24) is 5.32 Å². The van der Waals surface area contributed by atoms with E-state index in [1.807, 2.05) is 6.92 Å². The molecule has 0 spiro atoms. The first-order valence-corrected chi connectivity index (χ1v) is 6.51. The Labute approximate surface area is 113 Å². The van der Waals surface area contributed by atoms with Crippen molar-refractivity contribution in [2.75, 3.05) is 0 Å². The highest BCUT2D eigenvalue weighted by molar-refractivity contribution is 5.82. The monoisotopic (exact) mass is 250 g/mol. The minimum absolute atomic E-state index is 0.000569. The van der Waals surface area contributed by atoms with Crippen LogP contribution in [0, 0.1) is 6.42 Å². The molecule has 2 nitrogen and oxygen atoms in total. The molecule has 19 heavy (non-hydrogen) atoms. The smallest absolute Gasteiger partial charge is 0.217 e. The topological polar surface area (TPSA) is 29.1 Å². The summed E-state index contributed by atoms with van der Waals surface area (Å²) >= 11 is 0. The fraction of sp³-hybridized carbons (Fsp3) is 0.176. The van der Waals surface area contributed by atoms with Gasteiger partial charge in [0.2, 0.25) is 5.91 Å². The minimum atomic E-state index is 0.000569. The van der Waals surface area contributed by atoms with Crippen molar-refractivity contribution in [3.05, 3.63) is 65.6 Å². The van der Waals surface area contributed by atoms with Crippen LogP contribution in [-0.4, -0.2) is 5.91 Å². The third kappa shape index (κ3) is 2.03. The summed E-state index contributed by atoms with van der Waals surface area (Å²) in [7, 11) is 0. The van der Waals surface area contributed by atoms with E-state index in [0.29, 0.717) is 0 Å². The van der Waals surface area contributed by atoms with Gasteiger partial charge < -0.3 is 5.32 Å². The summed E-state index contributed by atoms with van der Waals surface area (Å²) < 4.78 is 0. The van der Waals surface area contributed by atoms with Crippen molar-refractivity contribution in [2.45, 2.75) is 19.9 Å². The Bertz CT molecular complexity index is 645. The number of rotatable bonds is 2. The van der Waals surface area contributed by atoms with Gasteiger partial charge in [0.15, 0.2) is 0 Å². The standard InChI is InChI=1S/C17H16NO/c1-11(18-12(2)19)14-8-5-9-16-15-7-4-3-6-13(15)10-17(14)16/h3-11H,1-2H3,(H,18,19). The fourth-order valence-corrected chi connectivity index (χ4v) is 2.76. The van der Waals surface area contributed by atoms with E-state index in [9.17, 15) is 4.79 Å². The summed E-state index contributed by atoms with van der Waals surface area (Å²) in [4.78, 5) is 11.2. The maximum Gasteiger partial charge on any atom is 0.217 e. The maximum atomic E-state index is 11.2. The molecule has 1 amide bonds. The second-order valence-electron chi connectivity index (χ2n) is 4.96. The van der Waals surface area contributed by atoms with Crippen molar-refractivity contribution in [2.24, 2.45) is 0 Å². The van der Waals surface area contributed by atoms with Gasteiger partial charge in [0.1, 0.15) is 0 Å². The average Bonchev–Trinajstić information content (AvgIpc) is 2.76. The second-order valence-corrected chi connectivity index (χ2v) is 4.96. The summed E-state index contributed by atoms with van der Waals surface area (Å²) in [6.07, 6.45) is 2.21. The van der Waals surface area contributed by atoms with Crippen LogP contribution < -0.4 is 5.32 Å². The molecule has 1 N–H and O–H groups in total. The number of hydrogen-bond donors (Lipinski definition) is 1. The van der Waals surface area contributed by atoms with Crippen LogP contribution >= 0.6 is 0 Å². The van der Waals surface area contributed by atoms with Crippen molar-refractivity contribution in [3.8, 4) is 11.1 Å². The molecular formula is C17H16NO. The molecule has 3 rings (SSSR count). The summed E-state index contributed by atoms with van der Waals surface area (Å²) in [5.41, 5.74) is 6.17. The number of hydrogen-bond acceptors (Lipinski definition) is 1. The van der Waals surface area contributed by atoms with E-state index in [0.717, 1.165) is 0 Å². The Morgan fingerprint density at radius 1 is 1.05 bits per heavy atom. The van der Waals surface area contributed by atoms with Gasteiger partial charge in [-0.2, -0.15) is 0 Å². The summed E-state index contributed by atoms with van der Waals surface area (Å²) in [5.74, 6) is 0.000569. The first-order chi connectivity index (χ1) is 9.16. The fourth-order valence-electron chi connectivity index (χ4n) is 2.76. The molecule has 0 heterocycles. The highest BCUT2D eigenvalue weighted by Crippen LogP contribution is 2.40. The molecule has 0 aromatic heterocycles. The Kier molecular flexibility index (Phi) is 2.86. The maximum absolute atomic E-state index is 11.2. The van der Waals surface area contributed by atoms with E-state index >= 15 is 0 Å². The SMILES string of the molecule is CC(=O)NC(C)c1cccc2c1[CH]c1ccccc1-2. The highest BCUT2D eigenvalue weighted by Gasteiger charge is 2.22. The molecule has 1 atom stereocenters. The van der Waals surface area contributed by atoms with Gasteiger partial charge in [0, 0.05) is 13.3 Å². The van der Waals surface area contributed by atoms with Gasteiger partial charge in [-0.25, -0.2) is 0 Å². The zero-order valence-electron chi connectivity index (χ0n) is 11.1. The number of amides is 1. The first-order valence-electron chi connectivity index (χ1n) is 6.51. The van der Waals surface area contributed by atoms with Crippen LogP contribution in [0.2, 0.25) is 0 Å². The second kappa shape index (κ2) is 4.54. The van der Waals surface area contributed by atoms with E-state index in [-0.39, 0.29) is 11.9 Å². The molecule has 0 saturated heterocycles. The molecule has 0 fully saturated rings. The van der Waals surface area contributed by atoms with Crippen LogP contribution in [0.15, 0.2) is 42.5 Å². The predicted octanol–water partition coefficient (Wildman–Crippen LogP) is 3.46. The molecule has 2 heteroatoms. The predicted molar refractivity (Wildman–Crippen MR) is 76.6 cm³/mol. The summed E-state index contributed by atoms with van der Waals surface area (Å²) in [6, 6.07) is 14.7. The largest absolute Gasteiger partial charge is 0.350 e. The van der Waals surface area contributed by atoms with Crippen molar-refractivity contribution < 1.29 is 4.79 Å². The van der Waals surface area contributed by atoms with E-state index < -0.39 is 0 Å². The Balaban J connectivity index is 2.06. The highest BCUT2D eigenvalue weighted by atomic mass is 16.1. The van der Waals surface area contributed by atoms with Crippen molar-refractivity contribution >= 4 is 5.91 Å². The number of fused-ring (bicyclic) bond motifs is 3. The summed E-state index contributed by atoms with van der Waals surface area (Å²) in [6.45, 7) is 3.58. The molecule has 0 aliphatic heterocycles. The molecule has 1 aliphatic rings.